The fourth-order valence-corrected chi connectivity index (χ4v) is 4.65. The van der Waals surface area contributed by atoms with Crippen molar-refractivity contribution in [3.63, 3.8) is 0 Å². The molecule has 0 spiro atoms. The highest BCUT2D eigenvalue weighted by atomic mass is 79.9. The van der Waals surface area contributed by atoms with Crippen molar-refractivity contribution in [2.45, 2.75) is 13.5 Å². The minimum atomic E-state index is -0.109. The largest absolute Gasteiger partial charge is 0.322 e. The van der Waals surface area contributed by atoms with Crippen LogP contribution in [0.25, 0.3) is 5.69 Å². The molecule has 2 aromatic carbocycles. The van der Waals surface area contributed by atoms with E-state index in [9.17, 15) is 4.79 Å². The van der Waals surface area contributed by atoms with Gasteiger partial charge in [0, 0.05) is 48.6 Å². The summed E-state index contributed by atoms with van der Waals surface area (Å²) in [4.78, 5) is 15.2. The Balaban J connectivity index is 1.41. The number of amides is 1. The molecule has 0 saturated carbocycles. The van der Waals surface area contributed by atoms with E-state index < -0.39 is 0 Å². The van der Waals surface area contributed by atoms with Gasteiger partial charge in [0.15, 0.2) is 0 Å². The summed E-state index contributed by atoms with van der Waals surface area (Å²) in [5.41, 5.74) is 4.76. The van der Waals surface area contributed by atoms with Crippen molar-refractivity contribution < 1.29 is 4.79 Å². The van der Waals surface area contributed by atoms with Crippen molar-refractivity contribution in [1.82, 2.24) is 14.7 Å². The molecule has 4 rings (SSSR count). The Bertz CT molecular complexity index is 996. The number of halogens is 1. The van der Waals surface area contributed by atoms with Crippen LogP contribution in [0.2, 0.25) is 0 Å². The number of aromatic nitrogens is 2. The van der Waals surface area contributed by atoms with Crippen molar-refractivity contribution in [2.75, 3.05) is 29.9 Å². The van der Waals surface area contributed by atoms with Crippen molar-refractivity contribution >= 4 is 39.3 Å². The fraction of sp³-hybridized carbons (Fsp3) is 0.273. The molecule has 1 N–H and O–H groups in total. The van der Waals surface area contributed by atoms with Gasteiger partial charge < -0.3 is 5.32 Å². The second-order valence-electron chi connectivity index (χ2n) is 7.14. The van der Waals surface area contributed by atoms with Crippen LogP contribution >= 0.6 is 27.7 Å². The lowest BCUT2D eigenvalue weighted by Crippen LogP contribution is -2.31. The van der Waals surface area contributed by atoms with Gasteiger partial charge in [-0.2, -0.15) is 16.9 Å². The highest BCUT2D eigenvalue weighted by molar-refractivity contribution is 9.10. The minimum absolute atomic E-state index is 0.109. The summed E-state index contributed by atoms with van der Waals surface area (Å²) >= 11 is 5.42. The third kappa shape index (κ3) is 5.10. The number of hydrogen-bond donors (Lipinski definition) is 1. The van der Waals surface area contributed by atoms with Gasteiger partial charge in [-0.05, 0) is 64.3 Å². The molecule has 7 heteroatoms. The number of anilines is 1. The third-order valence-electron chi connectivity index (χ3n) is 4.99. The van der Waals surface area contributed by atoms with Gasteiger partial charge in [-0.3, -0.25) is 9.69 Å². The predicted molar refractivity (Wildman–Crippen MR) is 123 cm³/mol. The van der Waals surface area contributed by atoms with Crippen LogP contribution in [-0.2, 0) is 6.54 Å². The Hall–Kier alpha value is -2.09. The van der Waals surface area contributed by atoms with E-state index in [0.717, 1.165) is 41.0 Å². The summed E-state index contributed by atoms with van der Waals surface area (Å²) in [6, 6.07) is 13.7. The van der Waals surface area contributed by atoms with Gasteiger partial charge in [-0.15, -0.1) is 0 Å². The summed E-state index contributed by atoms with van der Waals surface area (Å²) < 4.78 is 2.67. The van der Waals surface area contributed by atoms with E-state index in [1.807, 2.05) is 55.2 Å². The van der Waals surface area contributed by atoms with Crippen LogP contribution in [-0.4, -0.2) is 45.2 Å². The zero-order chi connectivity index (χ0) is 20.2. The first-order valence-corrected chi connectivity index (χ1v) is 11.5. The summed E-state index contributed by atoms with van der Waals surface area (Å²) in [6.07, 6.45) is 3.61. The molecule has 1 aromatic heterocycles. The molecular weight excluding hydrogens is 448 g/mol. The quantitative estimate of drug-likeness (QED) is 0.584. The van der Waals surface area contributed by atoms with Gasteiger partial charge >= 0.3 is 0 Å². The van der Waals surface area contributed by atoms with E-state index in [4.69, 9.17) is 0 Å². The maximum Gasteiger partial charge on any atom is 0.255 e. The lowest BCUT2D eigenvalue weighted by atomic mass is 10.1. The summed E-state index contributed by atoms with van der Waals surface area (Å²) in [5, 5.41) is 7.29. The SMILES string of the molecule is Cc1cc(CN2CCSCC2)ccc1NC(=O)c1ccc(-n2cc(Br)cn2)cc1. The summed E-state index contributed by atoms with van der Waals surface area (Å²) in [5.74, 6) is 2.31. The Morgan fingerprint density at radius 1 is 1.17 bits per heavy atom. The van der Waals surface area contributed by atoms with Crippen LogP contribution in [0, 0.1) is 6.92 Å². The van der Waals surface area contributed by atoms with Crippen LogP contribution in [0.5, 0.6) is 0 Å². The standard InChI is InChI=1S/C22H23BrN4OS/c1-16-12-17(14-26-8-10-29-11-9-26)2-7-21(16)25-22(28)18-3-5-20(6-4-18)27-15-19(23)13-24-27/h2-7,12-13,15H,8-11,14H2,1H3,(H,25,28). The number of thioether (sulfide) groups is 1. The van der Waals surface area contributed by atoms with E-state index in [1.165, 1.54) is 17.1 Å². The van der Waals surface area contributed by atoms with E-state index in [-0.39, 0.29) is 5.91 Å². The predicted octanol–water partition coefficient (Wildman–Crippen LogP) is 4.74. The van der Waals surface area contributed by atoms with Crippen LogP contribution in [0.15, 0.2) is 59.3 Å². The van der Waals surface area contributed by atoms with Crippen molar-refractivity contribution in [1.29, 1.82) is 0 Å². The number of carbonyl (C=O) groups excluding carboxylic acids is 1. The van der Waals surface area contributed by atoms with Crippen LogP contribution in [0.3, 0.4) is 0 Å². The maximum atomic E-state index is 12.7. The summed E-state index contributed by atoms with van der Waals surface area (Å²) in [7, 11) is 0. The molecule has 1 fully saturated rings. The molecule has 29 heavy (non-hydrogen) atoms. The van der Waals surface area contributed by atoms with Crippen molar-refractivity contribution in [2.24, 2.45) is 0 Å². The molecule has 0 aliphatic carbocycles. The first kappa shape index (κ1) is 20.2. The molecule has 2 heterocycles. The van der Waals surface area contributed by atoms with Gasteiger partial charge in [0.05, 0.1) is 16.4 Å². The van der Waals surface area contributed by atoms with E-state index in [0.29, 0.717) is 5.56 Å². The molecule has 0 bridgehead atoms. The van der Waals surface area contributed by atoms with Crippen molar-refractivity contribution in [3.05, 3.63) is 76.0 Å². The summed E-state index contributed by atoms with van der Waals surface area (Å²) in [6.45, 7) is 5.31. The van der Waals surface area contributed by atoms with Gasteiger partial charge in [-0.1, -0.05) is 12.1 Å². The van der Waals surface area contributed by atoms with Gasteiger partial charge in [0.1, 0.15) is 0 Å². The first-order chi connectivity index (χ1) is 14.1. The average Bonchev–Trinajstić information content (AvgIpc) is 3.17. The van der Waals surface area contributed by atoms with E-state index >= 15 is 0 Å². The molecule has 0 radical (unpaired) electrons. The third-order valence-corrected chi connectivity index (χ3v) is 6.35. The smallest absolute Gasteiger partial charge is 0.255 e. The van der Waals surface area contributed by atoms with E-state index in [1.54, 1.807) is 10.9 Å². The number of hydrogen-bond acceptors (Lipinski definition) is 4. The minimum Gasteiger partial charge on any atom is -0.322 e. The number of aryl methyl sites for hydroxylation is 1. The maximum absolute atomic E-state index is 12.7. The lowest BCUT2D eigenvalue weighted by molar-refractivity contribution is 0.102. The molecule has 1 aliphatic rings. The molecule has 1 saturated heterocycles. The van der Waals surface area contributed by atoms with Gasteiger partial charge in [-0.25, -0.2) is 4.68 Å². The second-order valence-corrected chi connectivity index (χ2v) is 9.28. The number of carbonyl (C=O) groups is 1. The van der Waals surface area contributed by atoms with Gasteiger partial charge in [0.25, 0.3) is 5.91 Å². The molecule has 3 aromatic rings. The zero-order valence-corrected chi connectivity index (χ0v) is 18.7. The Kier molecular flexibility index (Phi) is 6.37. The van der Waals surface area contributed by atoms with Crippen molar-refractivity contribution in [3.8, 4) is 5.69 Å². The second kappa shape index (κ2) is 9.15. The molecule has 1 amide bonds. The van der Waals surface area contributed by atoms with Crippen LogP contribution < -0.4 is 5.32 Å². The number of benzene rings is 2. The zero-order valence-electron chi connectivity index (χ0n) is 16.3. The normalized spacial score (nSPS) is 14.7. The highest BCUT2D eigenvalue weighted by Gasteiger charge is 2.12. The Morgan fingerprint density at radius 2 is 1.93 bits per heavy atom. The molecule has 5 nitrogen and oxygen atoms in total. The average molecular weight is 471 g/mol. The Morgan fingerprint density at radius 3 is 2.59 bits per heavy atom. The first-order valence-electron chi connectivity index (χ1n) is 9.60. The number of nitrogens with zero attached hydrogens (tertiary/aromatic N) is 3. The van der Waals surface area contributed by atoms with Gasteiger partial charge in [0.2, 0.25) is 0 Å². The molecule has 1 aliphatic heterocycles. The monoisotopic (exact) mass is 470 g/mol. The number of rotatable bonds is 5. The van der Waals surface area contributed by atoms with Crippen LogP contribution in [0.1, 0.15) is 21.5 Å². The lowest BCUT2D eigenvalue weighted by Gasteiger charge is -2.26. The van der Waals surface area contributed by atoms with Crippen LogP contribution in [0.4, 0.5) is 5.69 Å². The fourth-order valence-electron chi connectivity index (χ4n) is 3.38. The highest BCUT2D eigenvalue weighted by Crippen LogP contribution is 2.20. The molecular formula is C22H23BrN4OS. The Labute approximate surface area is 183 Å². The molecule has 150 valence electrons. The molecule has 0 atom stereocenters. The van der Waals surface area contributed by atoms with E-state index in [2.05, 4.69) is 43.4 Å². The topological polar surface area (TPSA) is 50.2 Å². The number of nitrogens with one attached hydrogen (secondary N) is 1. The molecule has 0 unspecified atom stereocenters.